The number of aromatic nitrogens is 7. The number of anilines is 1. The molecule has 0 spiro atoms. The van der Waals surface area contributed by atoms with Crippen LogP contribution in [0.1, 0.15) is 31.7 Å². The first-order chi connectivity index (χ1) is 24.4. The van der Waals surface area contributed by atoms with Gasteiger partial charge in [0.1, 0.15) is 41.5 Å². The van der Waals surface area contributed by atoms with Crippen molar-refractivity contribution >= 4 is 55.4 Å². The van der Waals surface area contributed by atoms with Crippen molar-refractivity contribution in [1.82, 2.24) is 39.4 Å². The number of fused-ring (bicyclic) bond motifs is 6. The average Bonchev–Trinajstić information content (AvgIpc) is 3.87. The molecule has 0 unspecified atom stereocenters. The highest BCUT2D eigenvalue weighted by atomic mass is 19.1. The van der Waals surface area contributed by atoms with Gasteiger partial charge in [-0.25, -0.2) is 13.2 Å². The maximum atomic E-state index is 15.4. The smallest absolute Gasteiger partial charge is 0.320 e. The number of rotatable bonds is 6. The Morgan fingerprint density at radius 1 is 1.20 bits per heavy atom. The van der Waals surface area contributed by atoms with Crippen LogP contribution in [-0.4, -0.2) is 108 Å². The number of benzene rings is 2. The summed E-state index contributed by atoms with van der Waals surface area (Å²) in [5, 5.41) is 25.7. The number of H-pyrrole nitrogens is 1. The van der Waals surface area contributed by atoms with Crippen LogP contribution in [0, 0.1) is 5.82 Å². The lowest BCUT2D eigenvalue weighted by Gasteiger charge is -2.31. The van der Waals surface area contributed by atoms with E-state index >= 15 is 8.78 Å². The fraction of sp³-hybridized carbons (Fsp3) is 0.444. The fourth-order valence-corrected chi connectivity index (χ4v) is 8.77. The molecule has 2 aromatic carbocycles. The molecule has 3 atom stereocenters. The molecule has 6 aromatic rings. The molecule has 7 heterocycles. The number of β-amino-alcohol motifs (C(OH)–C–C–N with tert-alkyl or cyclic N) is 1. The lowest BCUT2D eigenvalue weighted by atomic mass is 9.93. The summed E-state index contributed by atoms with van der Waals surface area (Å²) < 4.78 is 60.9. The van der Waals surface area contributed by atoms with E-state index in [9.17, 15) is 9.50 Å². The molecule has 3 fully saturated rings. The third-order valence-corrected chi connectivity index (χ3v) is 10.9. The van der Waals surface area contributed by atoms with E-state index in [1.807, 2.05) is 16.5 Å². The molecule has 2 N–H and O–H groups in total. The highest BCUT2D eigenvalue weighted by molar-refractivity contribution is 6.21. The number of nitrogens with one attached hydrogen (secondary N) is 1. The van der Waals surface area contributed by atoms with Crippen molar-refractivity contribution in [3.05, 3.63) is 42.4 Å². The van der Waals surface area contributed by atoms with Crippen LogP contribution in [0.2, 0.25) is 0 Å². The normalized spacial score (nSPS) is 24.4. The number of ether oxygens (including phenoxy) is 2. The maximum absolute atomic E-state index is 15.4. The summed E-state index contributed by atoms with van der Waals surface area (Å²) in [5.41, 5.74) is 1.64. The Bertz CT molecular complexity index is 2400. The van der Waals surface area contributed by atoms with Crippen molar-refractivity contribution in [3.8, 4) is 17.3 Å². The molecular weight excluding hydrogens is 663 g/mol. The second-order valence-corrected chi connectivity index (χ2v) is 14.6. The van der Waals surface area contributed by atoms with Gasteiger partial charge in [0, 0.05) is 49.9 Å². The predicted molar refractivity (Wildman–Crippen MR) is 188 cm³/mol. The standard InChI is InChI=1S/C36H38F3N9O3/c1-19(37)25-23(39)7-6-20-12-24-22(14-40-43-24)27(26(20)25)29-31-30(46(4)44-29)28-32(45(31)3)41-34(42-33(28)47-10-11-50-17-35(2,49)16-47)51-18-36-8-5-9-48(36)15-21(38)13-36/h6-7,12,14,21,49H,1,5,8-11,13,15-18H2,2-4H3,(H,40,43)/t21-,35+,36+/m1/s1. The summed E-state index contributed by atoms with van der Waals surface area (Å²) in [5.74, 6) is -1.12. The van der Waals surface area contributed by atoms with Crippen molar-refractivity contribution in [2.24, 2.45) is 14.1 Å². The number of alkyl halides is 1. The zero-order chi connectivity index (χ0) is 35.4. The van der Waals surface area contributed by atoms with E-state index in [4.69, 9.17) is 24.5 Å². The number of nitrogens with zero attached hydrogens (tertiary/aromatic N) is 8. The molecule has 4 aromatic heterocycles. The zero-order valence-electron chi connectivity index (χ0n) is 28.6. The molecule has 0 saturated carbocycles. The molecule has 3 saturated heterocycles. The first-order valence-electron chi connectivity index (χ1n) is 17.2. The van der Waals surface area contributed by atoms with Gasteiger partial charge in [-0.15, -0.1) is 0 Å². The van der Waals surface area contributed by atoms with E-state index in [2.05, 4.69) is 21.7 Å². The van der Waals surface area contributed by atoms with Crippen molar-refractivity contribution in [1.29, 1.82) is 0 Å². The Kier molecular flexibility index (Phi) is 7.19. The van der Waals surface area contributed by atoms with E-state index in [1.54, 1.807) is 37.0 Å². The van der Waals surface area contributed by atoms with Crippen LogP contribution >= 0.6 is 0 Å². The Labute approximate surface area is 290 Å². The van der Waals surface area contributed by atoms with Crippen LogP contribution in [0.15, 0.2) is 31.0 Å². The Morgan fingerprint density at radius 2 is 2.04 bits per heavy atom. The molecule has 3 aliphatic heterocycles. The molecule has 266 valence electrons. The largest absolute Gasteiger partial charge is 0.461 e. The van der Waals surface area contributed by atoms with E-state index in [-0.39, 0.29) is 31.3 Å². The third kappa shape index (κ3) is 4.92. The topological polar surface area (TPSA) is 122 Å². The summed E-state index contributed by atoms with van der Waals surface area (Å²) >= 11 is 0. The number of aryl methyl sites for hydroxylation is 2. The zero-order valence-corrected chi connectivity index (χ0v) is 28.6. The van der Waals surface area contributed by atoms with Gasteiger partial charge in [-0.1, -0.05) is 12.6 Å². The summed E-state index contributed by atoms with van der Waals surface area (Å²) in [4.78, 5) is 14.1. The minimum atomic E-state index is -1.17. The number of hydrogen-bond donors (Lipinski definition) is 2. The van der Waals surface area contributed by atoms with Crippen LogP contribution in [-0.2, 0) is 18.8 Å². The van der Waals surface area contributed by atoms with Gasteiger partial charge < -0.3 is 24.0 Å². The summed E-state index contributed by atoms with van der Waals surface area (Å²) in [7, 11) is 3.66. The van der Waals surface area contributed by atoms with Crippen molar-refractivity contribution in [2.75, 3.05) is 50.9 Å². The molecular formula is C36H38F3N9O3. The molecule has 3 aliphatic rings. The van der Waals surface area contributed by atoms with Gasteiger partial charge in [-0.05, 0) is 43.8 Å². The van der Waals surface area contributed by atoms with Gasteiger partial charge in [-0.3, -0.25) is 14.7 Å². The third-order valence-electron chi connectivity index (χ3n) is 10.9. The summed E-state index contributed by atoms with van der Waals surface area (Å²) in [6, 6.07) is 4.76. The second kappa shape index (κ2) is 11.4. The molecule has 12 nitrogen and oxygen atoms in total. The SMILES string of the molecule is C=C(F)c1c(F)ccc2cc3[nH]ncc3c(-c3nn(C)c4c5c(N6CCOC[C@@](C)(O)C6)nc(OC[C@@]67CCCN6C[C@H](F)C7)nc5n(C)c34)c12. The van der Waals surface area contributed by atoms with Crippen molar-refractivity contribution in [3.63, 3.8) is 0 Å². The van der Waals surface area contributed by atoms with Crippen molar-refractivity contribution < 1.29 is 27.8 Å². The van der Waals surface area contributed by atoms with Gasteiger partial charge in [0.05, 0.1) is 59.0 Å². The van der Waals surface area contributed by atoms with E-state index < -0.39 is 29.0 Å². The Morgan fingerprint density at radius 3 is 2.86 bits per heavy atom. The number of aliphatic hydroxyl groups is 1. The molecule has 9 rings (SSSR count). The lowest BCUT2D eigenvalue weighted by Crippen LogP contribution is -2.44. The van der Waals surface area contributed by atoms with Crippen LogP contribution in [0.5, 0.6) is 6.01 Å². The molecule has 0 radical (unpaired) electrons. The molecule has 51 heavy (non-hydrogen) atoms. The van der Waals surface area contributed by atoms with Gasteiger partial charge >= 0.3 is 6.01 Å². The fourth-order valence-electron chi connectivity index (χ4n) is 8.77. The molecule has 15 heteroatoms. The monoisotopic (exact) mass is 701 g/mol. The number of halogens is 3. The van der Waals surface area contributed by atoms with Crippen LogP contribution in [0.25, 0.3) is 60.8 Å². The summed E-state index contributed by atoms with van der Waals surface area (Å²) in [6.07, 6.45) is 2.92. The average molecular weight is 702 g/mol. The van der Waals surface area contributed by atoms with Crippen molar-refractivity contribution in [2.45, 2.75) is 43.5 Å². The van der Waals surface area contributed by atoms with Gasteiger partial charge in [0.15, 0.2) is 5.65 Å². The highest BCUT2D eigenvalue weighted by Gasteiger charge is 2.49. The van der Waals surface area contributed by atoms with E-state index in [0.29, 0.717) is 86.9 Å². The van der Waals surface area contributed by atoms with E-state index in [0.717, 1.165) is 19.4 Å². The van der Waals surface area contributed by atoms with Gasteiger partial charge in [-0.2, -0.15) is 20.2 Å². The van der Waals surface area contributed by atoms with Gasteiger partial charge in [0.25, 0.3) is 0 Å². The Hall–Kier alpha value is -4.73. The number of aromatic amines is 1. The first-order valence-corrected chi connectivity index (χ1v) is 17.2. The van der Waals surface area contributed by atoms with Crippen LogP contribution in [0.3, 0.4) is 0 Å². The minimum absolute atomic E-state index is 0.131. The van der Waals surface area contributed by atoms with Gasteiger partial charge in [0.2, 0.25) is 0 Å². The first kappa shape index (κ1) is 32.2. The maximum Gasteiger partial charge on any atom is 0.320 e. The minimum Gasteiger partial charge on any atom is -0.461 e. The molecule has 0 aliphatic carbocycles. The highest BCUT2D eigenvalue weighted by Crippen LogP contribution is 2.46. The van der Waals surface area contributed by atoms with Crippen LogP contribution in [0.4, 0.5) is 19.0 Å². The van der Waals surface area contributed by atoms with Crippen LogP contribution < -0.4 is 9.64 Å². The van der Waals surface area contributed by atoms with E-state index in [1.165, 1.54) is 6.07 Å². The Balaban J connectivity index is 1.30. The molecule has 0 bridgehead atoms. The quantitative estimate of drug-likeness (QED) is 0.242. The summed E-state index contributed by atoms with van der Waals surface area (Å²) in [6.45, 7) is 7.83. The molecule has 0 amide bonds. The predicted octanol–water partition coefficient (Wildman–Crippen LogP) is 5.17. The number of hydrogen-bond acceptors (Lipinski definition) is 9. The lowest BCUT2D eigenvalue weighted by molar-refractivity contribution is -0.0123. The second-order valence-electron chi connectivity index (χ2n) is 14.6.